The van der Waals surface area contributed by atoms with E-state index < -0.39 is 0 Å². The van der Waals surface area contributed by atoms with Gasteiger partial charge in [0.1, 0.15) is 0 Å². The van der Waals surface area contributed by atoms with Crippen molar-refractivity contribution in [2.24, 2.45) is 7.05 Å². The van der Waals surface area contributed by atoms with Crippen LogP contribution in [0.3, 0.4) is 0 Å². The fourth-order valence-electron chi connectivity index (χ4n) is 1.25. The van der Waals surface area contributed by atoms with Gasteiger partial charge < -0.3 is 4.52 Å². The minimum Gasteiger partial charge on any atom is -0.336 e. The SMILES string of the molecule is Cn1cc(-c2ccccc2)c(=O)o1. The van der Waals surface area contributed by atoms with Crippen molar-refractivity contribution >= 4 is 0 Å². The first-order valence-electron chi connectivity index (χ1n) is 4.00. The Balaban J connectivity index is 2.59. The molecule has 13 heavy (non-hydrogen) atoms. The van der Waals surface area contributed by atoms with Crippen LogP contribution in [0.4, 0.5) is 0 Å². The summed E-state index contributed by atoms with van der Waals surface area (Å²) in [6, 6.07) is 9.45. The summed E-state index contributed by atoms with van der Waals surface area (Å²) in [5, 5.41) is 0. The van der Waals surface area contributed by atoms with Gasteiger partial charge in [-0.05, 0) is 5.56 Å². The van der Waals surface area contributed by atoms with E-state index in [-0.39, 0.29) is 5.63 Å². The first kappa shape index (κ1) is 7.86. The molecule has 0 amide bonds. The summed E-state index contributed by atoms with van der Waals surface area (Å²) in [6.45, 7) is 0. The minimum atomic E-state index is -0.297. The highest BCUT2D eigenvalue weighted by Crippen LogP contribution is 2.13. The summed E-state index contributed by atoms with van der Waals surface area (Å²) in [6.07, 6.45) is 1.68. The lowest BCUT2D eigenvalue weighted by molar-refractivity contribution is 0.286. The second-order valence-corrected chi connectivity index (χ2v) is 2.83. The molecule has 0 bridgehead atoms. The molecule has 0 spiro atoms. The van der Waals surface area contributed by atoms with Gasteiger partial charge in [0, 0.05) is 7.05 Å². The molecule has 0 unspecified atom stereocenters. The highest BCUT2D eigenvalue weighted by Gasteiger charge is 2.05. The molecule has 2 aromatic rings. The van der Waals surface area contributed by atoms with Crippen molar-refractivity contribution in [2.75, 3.05) is 0 Å². The fraction of sp³-hybridized carbons (Fsp3) is 0.100. The van der Waals surface area contributed by atoms with E-state index in [1.54, 1.807) is 13.2 Å². The molecule has 0 aliphatic rings. The summed E-state index contributed by atoms with van der Waals surface area (Å²) in [4.78, 5) is 11.3. The van der Waals surface area contributed by atoms with E-state index in [4.69, 9.17) is 4.52 Å². The summed E-state index contributed by atoms with van der Waals surface area (Å²) in [7, 11) is 1.69. The van der Waals surface area contributed by atoms with E-state index in [1.807, 2.05) is 30.3 Å². The zero-order chi connectivity index (χ0) is 9.26. The van der Waals surface area contributed by atoms with Crippen molar-refractivity contribution in [3.63, 3.8) is 0 Å². The van der Waals surface area contributed by atoms with Gasteiger partial charge in [-0.1, -0.05) is 30.3 Å². The number of hydrogen-bond donors (Lipinski definition) is 0. The van der Waals surface area contributed by atoms with Gasteiger partial charge in [-0.15, -0.1) is 0 Å². The standard InChI is InChI=1S/C10H9NO2/c1-11-7-9(10(12)13-11)8-5-3-2-4-6-8/h2-7H,1H3. The molecular weight excluding hydrogens is 166 g/mol. The molecule has 3 nitrogen and oxygen atoms in total. The Morgan fingerprint density at radius 2 is 1.92 bits per heavy atom. The molecule has 1 aromatic carbocycles. The average Bonchev–Trinajstić information content (AvgIpc) is 2.47. The van der Waals surface area contributed by atoms with Gasteiger partial charge in [-0.25, -0.2) is 9.53 Å². The maximum absolute atomic E-state index is 11.3. The van der Waals surface area contributed by atoms with E-state index in [9.17, 15) is 4.79 Å². The molecule has 1 heterocycles. The number of benzene rings is 1. The molecule has 0 aliphatic carbocycles. The first-order chi connectivity index (χ1) is 6.27. The number of aromatic nitrogens is 1. The molecule has 0 fully saturated rings. The maximum Gasteiger partial charge on any atom is 0.365 e. The van der Waals surface area contributed by atoms with Gasteiger partial charge in [0.15, 0.2) is 0 Å². The fourth-order valence-corrected chi connectivity index (χ4v) is 1.25. The van der Waals surface area contributed by atoms with Crippen LogP contribution in [0.15, 0.2) is 45.8 Å². The third-order valence-corrected chi connectivity index (χ3v) is 1.84. The number of rotatable bonds is 1. The van der Waals surface area contributed by atoms with Crippen LogP contribution in [-0.2, 0) is 7.05 Å². The van der Waals surface area contributed by atoms with Gasteiger partial charge in [0.2, 0.25) is 0 Å². The molecule has 1 aromatic heterocycles. The van der Waals surface area contributed by atoms with Gasteiger partial charge in [-0.2, -0.15) is 0 Å². The second-order valence-electron chi connectivity index (χ2n) is 2.83. The highest BCUT2D eigenvalue weighted by molar-refractivity contribution is 5.60. The zero-order valence-corrected chi connectivity index (χ0v) is 7.23. The molecule has 0 radical (unpaired) electrons. The van der Waals surface area contributed by atoms with Crippen LogP contribution in [0.1, 0.15) is 0 Å². The summed E-state index contributed by atoms with van der Waals surface area (Å²) >= 11 is 0. The third kappa shape index (κ3) is 1.40. The predicted octanol–water partition coefficient (Wildman–Crippen LogP) is 1.65. The molecule has 3 heteroatoms. The third-order valence-electron chi connectivity index (χ3n) is 1.84. The molecular formula is C10H9NO2. The number of aryl methyl sites for hydroxylation is 1. The molecule has 66 valence electrons. The van der Waals surface area contributed by atoms with Crippen molar-refractivity contribution in [2.45, 2.75) is 0 Å². The number of hydrogen-bond acceptors (Lipinski definition) is 2. The lowest BCUT2D eigenvalue weighted by Gasteiger charge is -1.91. The molecule has 0 saturated carbocycles. The second kappa shape index (κ2) is 2.94. The van der Waals surface area contributed by atoms with Crippen LogP contribution in [0, 0.1) is 0 Å². The van der Waals surface area contributed by atoms with Crippen molar-refractivity contribution < 1.29 is 4.52 Å². The van der Waals surface area contributed by atoms with Crippen molar-refractivity contribution in [1.82, 2.24) is 4.74 Å². The van der Waals surface area contributed by atoms with Crippen LogP contribution in [-0.4, -0.2) is 4.74 Å². The summed E-state index contributed by atoms with van der Waals surface area (Å²) in [5.41, 5.74) is 1.19. The summed E-state index contributed by atoms with van der Waals surface area (Å²) < 4.78 is 6.24. The minimum absolute atomic E-state index is 0.297. The lowest BCUT2D eigenvalue weighted by atomic mass is 10.1. The topological polar surface area (TPSA) is 35.1 Å². The van der Waals surface area contributed by atoms with E-state index in [1.165, 1.54) is 4.74 Å². The van der Waals surface area contributed by atoms with E-state index >= 15 is 0 Å². The van der Waals surface area contributed by atoms with Gasteiger partial charge in [-0.3, -0.25) is 0 Å². The van der Waals surface area contributed by atoms with Crippen molar-refractivity contribution in [1.29, 1.82) is 0 Å². The molecule has 2 rings (SSSR count). The van der Waals surface area contributed by atoms with Crippen LogP contribution in [0.25, 0.3) is 11.1 Å². The number of nitrogens with zero attached hydrogens (tertiary/aromatic N) is 1. The molecule has 0 aliphatic heterocycles. The largest absolute Gasteiger partial charge is 0.365 e. The van der Waals surface area contributed by atoms with Crippen LogP contribution in [0.5, 0.6) is 0 Å². The van der Waals surface area contributed by atoms with Crippen LogP contribution in [0.2, 0.25) is 0 Å². The van der Waals surface area contributed by atoms with E-state index in [0.717, 1.165) is 5.56 Å². The lowest BCUT2D eigenvalue weighted by Crippen LogP contribution is -1.95. The van der Waals surface area contributed by atoms with Crippen molar-refractivity contribution in [3.05, 3.63) is 46.9 Å². The Morgan fingerprint density at radius 3 is 2.46 bits per heavy atom. The van der Waals surface area contributed by atoms with Gasteiger partial charge in [0.05, 0.1) is 11.8 Å². The first-order valence-corrected chi connectivity index (χ1v) is 4.00. The highest BCUT2D eigenvalue weighted by atomic mass is 16.5. The Kier molecular flexibility index (Phi) is 1.77. The van der Waals surface area contributed by atoms with Crippen LogP contribution >= 0.6 is 0 Å². The average molecular weight is 175 g/mol. The van der Waals surface area contributed by atoms with Gasteiger partial charge >= 0.3 is 5.63 Å². The Bertz CT molecular complexity index is 453. The Labute approximate surface area is 75.2 Å². The quantitative estimate of drug-likeness (QED) is 0.660. The van der Waals surface area contributed by atoms with E-state index in [0.29, 0.717) is 5.56 Å². The monoisotopic (exact) mass is 175 g/mol. The van der Waals surface area contributed by atoms with Crippen LogP contribution < -0.4 is 5.63 Å². The zero-order valence-electron chi connectivity index (χ0n) is 7.23. The smallest absolute Gasteiger partial charge is 0.336 e. The molecule has 0 saturated heterocycles. The maximum atomic E-state index is 11.3. The molecule has 0 N–H and O–H groups in total. The predicted molar refractivity (Wildman–Crippen MR) is 49.4 cm³/mol. The summed E-state index contributed by atoms with van der Waals surface area (Å²) in [5.74, 6) is 0. The molecule has 0 atom stereocenters. The van der Waals surface area contributed by atoms with Gasteiger partial charge in [0.25, 0.3) is 0 Å². The Morgan fingerprint density at radius 1 is 1.23 bits per heavy atom. The van der Waals surface area contributed by atoms with E-state index in [2.05, 4.69) is 0 Å². The van der Waals surface area contributed by atoms with Crippen molar-refractivity contribution in [3.8, 4) is 11.1 Å². The Hall–Kier alpha value is -1.77. The normalized spacial score (nSPS) is 10.2.